The number of fused-ring (bicyclic) bond motifs is 1. The van der Waals surface area contributed by atoms with E-state index in [1.807, 2.05) is 19.1 Å². The van der Waals surface area contributed by atoms with E-state index >= 15 is 0 Å². The Morgan fingerprint density at radius 3 is 3.00 bits per heavy atom. The molecule has 0 fully saturated rings. The Labute approximate surface area is 101 Å². The Kier molecular flexibility index (Phi) is 3.26. The summed E-state index contributed by atoms with van der Waals surface area (Å²) in [7, 11) is 1.67. The van der Waals surface area contributed by atoms with Gasteiger partial charge in [-0.25, -0.2) is 0 Å². The first-order valence-electron chi connectivity index (χ1n) is 5.49. The smallest absolute Gasteiger partial charge is 0.142 e. The summed E-state index contributed by atoms with van der Waals surface area (Å²) in [6.07, 6.45) is 1.86. The van der Waals surface area contributed by atoms with Crippen LogP contribution in [0.1, 0.15) is 18.9 Å². The largest absolute Gasteiger partial charge is 0.495 e. The SMILES string of the molecule is COc1ccc(Cl)c2c1NC(CC(C)N)C2. The molecule has 0 aliphatic carbocycles. The topological polar surface area (TPSA) is 47.3 Å². The summed E-state index contributed by atoms with van der Waals surface area (Å²) >= 11 is 6.17. The summed E-state index contributed by atoms with van der Waals surface area (Å²) in [5, 5.41) is 4.24. The quantitative estimate of drug-likeness (QED) is 0.853. The summed E-state index contributed by atoms with van der Waals surface area (Å²) in [6.45, 7) is 2.02. The Morgan fingerprint density at radius 1 is 1.62 bits per heavy atom. The minimum Gasteiger partial charge on any atom is -0.495 e. The van der Waals surface area contributed by atoms with Gasteiger partial charge >= 0.3 is 0 Å². The highest BCUT2D eigenvalue weighted by Crippen LogP contribution is 2.40. The van der Waals surface area contributed by atoms with Gasteiger partial charge in [0.05, 0.1) is 12.8 Å². The molecule has 2 unspecified atom stereocenters. The third kappa shape index (κ3) is 2.11. The molecule has 0 amide bonds. The molecule has 4 heteroatoms. The molecule has 0 saturated carbocycles. The van der Waals surface area contributed by atoms with Crippen molar-refractivity contribution in [1.82, 2.24) is 0 Å². The van der Waals surface area contributed by atoms with E-state index in [0.29, 0.717) is 6.04 Å². The van der Waals surface area contributed by atoms with Crippen LogP contribution in [0.15, 0.2) is 12.1 Å². The fourth-order valence-corrected chi connectivity index (χ4v) is 2.46. The van der Waals surface area contributed by atoms with Gasteiger partial charge in [-0.2, -0.15) is 0 Å². The van der Waals surface area contributed by atoms with Crippen molar-refractivity contribution >= 4 is 17.3 Å². The van der Waals surface area contributed by atoms with Gasteiger partial charge in [0.25, 0.3) is 0 Å². The van der Waals surface area contributed by atoms with Crippen LogP contribution < -0.4 is 15.8 Å². The van der Waals surface area contributed by atoms with Gasteiger partial charge in [-0.05, 0) is 37.5 Å². The van der Waals surface area contributed by atoms with Crippen molar-refractivity contribution in [2.24, 2.45) is 5.73 Å². The van der Waals surface area contributed by atoms with Gasteiger partial charge in [0.15, 0.2) is 0 Å². The van der Waals surface area contributed by atoms with Crippen LogP contribution in [0.4, 0.5) is 5.69 Å². The highest BCUT2D eigenvalue weighted by molar-refractivity contribution is 6.32. The number of nitrogens with two attached hydrogens (primary N) is 1. The standard InChI is InChI=1S/C12H17ClN2O/c1-7(14)5-8-6-9-10(13)3-4-11(16-2)12(9)15-8/h3-4,7-8,15H,5-6,14H2,1-2H3. The second-order valence-electron chi connectivity index (χ2n) is 4.36. The predicted octanol–water partition coefficient (Wildman–Crippen LogP) is 2.42. The number of rotatable bonds is 3. The van der Waals surface area contributed by atoms with Crippen molar-refractivity contribution in [3.05, 3.63) is 22.7 Å². The molecule has 0 aromatic heterocycles. The Balaban J connectivity index is 2.25. The molecule has 1 aliphatic heterocycles. The molecule has 0 radical (unpaired) electrons. The molecule has 0 bridgehead atoms. The van der Waals surface area contributed by atoms with E-state index in [-0.39, 0.29) is 6.04 Å². The Bertz CT molecular complexity index is 393. The number of hydrogen-bond donors (Lipinski definition) is 2. The van der Waals surface area contributed by atoms with Crippen molar-refractivity contribution in [3.63, 3.8) is 0 Å². The number of ether oxygens (including phenoxy) is 1. The van der Waals surface area contributed by atoms with Crippen molar-refractivity contribution in [3.8, 4) is 5.75 Å². The number of halogens is 1. The van der Waals surface area contributed by atoms with Gasteiger partial charge in [0.2, 0.25) is 0 Å². The van der Waals surface area contributed by atoms with Crippen LogP contribution in [0.25, 0.3) is 0 Å². The molecule has 88 valence electrons. The van der Waals surface area contributed by atoms with Gasteiger partial charge in [-0.15, -0.1) is 0 Å². The zero-order valence-electron chi connectivity index (χ0n) is 9.59. The zero-order valence-corrected chi connectivity index (χ0v) is 10.3. The van der Waals surface area contributed by atoms with Gasteiger partial charge in [-0.3, -0.25) is 0 Å². The van der Waals surface area contributed by atoms with E-state index in [0.717, 1.165) is 34.9 Å². The van der Waals surface area contributed by atoms with Crippen LogP contribution in [-0.4, -0.2) is 19.2 Å². The van der Waals surface area contributed by atoms with E-state index in [2.05, 4.69) is 5.32 Å². The number of hydrogen-bond acceptors (Lipinski definition) is 3. The average Bonchev–Trinajstić information content (AvgIpc) is 2.62. The van der Waals surface area contributed by atoms with E-state index in [1.165, 1.54) is 0 Å². The first-order chi connectivity index (χ1) is 7.61. The molecule has 1 aliphatic rings. The minimum atomic E-state index is 0.191. The van der Waals surface area contributed by atoms with Crippen LogP contribution in [0.5, 0.6) is 5.75 Å². The van der Waals surface area contributed by atoms with Crippen molar-refractivity contribution in [2.45, 2.75) is 31.8 Å². The molecule has 0 spiro atoms. The van der Waals surface area contributed by atoms with E-state index in [4.69, 9.17) is 22.1 Å². The Hall–Kier alpha value is -0.930. The molecule has 1 heterocycles. The van der Waals surface area contributed by atoms with E-state index in [1.54, 1.807) is 7.11 Å². The molecule has 1 aromatic carbocycles. The number of benzene rings is 1. The molecule has 1 aromatic rings. The van der Waals surface area contributed by atoms with E-state index in [9.17, 15) is 0 Å². The average molecular weight is 241 g/mol. The molecule has 0 saturated heterocycles. The lowest BCUT2D eigenvalue weighted by Gasteiger charge is -2.14. The van der Waals surface area contributed by atoms with Crippen LogP contribution >= 0.6 is 11.6 Å². The van der Waals surface area contributed by atoms with Crippen LogP contribution in [0.2, 0.25) is 5.02 Å². The second kappa shape index (κ2) is 4.52. The van der Waals surface area contributed by atoms with Gasteiger partial charge in [0, 0.05) is 17.1 Å². The third-order valence-electron chi connectivity index (χ3n) is 2.89. The lowest BCUT2D eigenvalue weighted by Crippen LogP contribution is -2.26. The fraction of sp³-hybridized carbons (Fsp3) is 0.500. The van der Waals surface area contributed by atoms with Crippen molar-refractivity contribution in [2.75, 3.05) is 12.4 Å². The molecule has 2 atom stereocenters. The summed E-state index contributed by atoms with van der Waals surface area (Å²) in [4.78, 5) is 0. The molecular weight excluding hydrogens is 224 g/mol. The molecule has 3 N–H and O–H groups in total. The number of nitrogens with one attached hydrogen (secondary N) is 1. The van der Waals surface area contributed by atoms with Crippen LogP contribution in [-0.2, 0) is 6.42 Å². The third-order valence-corrected chi connectivity index (χ3v) is 3.25. The number of anilines is 1. The lowest BCUT2D eigenvalue weighted by molar-refractivity contribution is 0.416. The van der Waals surface area contributed by atoms with Crippen molar-refractivity contribution < 1.29 is 4.74 Å². The molecule has 2 rings (SSSR count). The van der Waals surface area contributed by atoms with E-state index < -0.39 is 0 Å². The van der Waals surface area contributed by atoms with Crippen LogP contribution in [0.3, 0.4) is 0 Å². The first-order valence-corrected chi connectivity index (χ1v) is 5.87. The van der Waals surface area contributed by atoms with Gasteiger partial charge in [-0.1, -0.05) is 11.6 Å². The monoisotopic (exact) mass is 240 g/mol. The lowest BCUT2D eigenvalue weighted by atomic mass is 10.0. The fourth-order valence-electron chi connectivity index (χ4n) is 2.22. The van der Waals surface area contributed by atoms with Crippen molar-refractivity contribution in [1.29, 1.82) is 0 Å². The highest BCUT2D eigenvalue weighted by atomic mass is 35.5. The maximum atomic E-state index is 6.17. The summed E-state index contributed by atoms with van der Waals surface area (Å²) in [5.74, 6) is 0.853. The highest BCUT2D eigenvalue weighted by Gasteiger charge is 2.26. The Morgan fingerprint density at radius 2 is 2.38 bits per heavy atom. The predicted molar refractivity (Wildman–Crippen MR) is 67.4 cm³/mol. The maximum absolute atomic E-state index is 6.17. The normalized spacial score (nSPS) is 20.1. The zero-order chi connectivity index (χ0) is 11.7. The second-order valence-corrected chi connectivity index (χ2v) is 4.77. The summed E-state index contributed by atoms with van der Waals surface area (Å²) < 4.78 is 5.31. The summed E-state index contributed by atoms with van der Waals surface area (Å²) in [5.41, 5.74) is 7.98. The van der Waals surface area contributed by atoms with Gasteiger partial charge < -0.3 is 15.8 Å². The van der Waals surface area contributed by atoms with Gasteiger partial charge in [0.1, 0.15) is 5.75 Å². The first kappa shape index (κ1) is 11.6. The molecule has 16 heavy (non-hydrogen) atoms. The molecular formula is C12H17ClN2O. The molecule has 3 nitrogen and oxygen atoms in total. The minimum absolute atomic E-state index is 0.191. The summed E-state index contributed by atoms with van der Waals surface area (Å²) in [6, 6.07) is 4.33. The maximum Gasteiger partial charge on any atom is 0.142 e. The van der Waals surface area contributed by atoms with Crippen LogP contribution in [0, 0.1) is 0 Å². The number of methoxy groups -OCH3 is 1.